The Balaban J connectivity index is 1.48. The van der Waals surface area contributed by atoms with Crippen LogP contribution in [0.25, 0.3) is 6.08 Å². The van der Waals surface area contributed by atoms with Gasteiger partial charge in [-0.2, -0.15) is 0 Å². The summed E-state index contributed by atoms with van der Waals surface area (Å²) in [5, 5.41) is 14.0. The Hall–Kier alpha value is -4.22. The van der Waals surface area contributed by atoms with E-state index in [1.165, 1.54) is 23.1 Å². The van der Waals surface area contributed by atoms with E-state index in [1.807, 2.05) is 39.0 Å². The van der Waals surface area contributed by atoms with Gasteiger partial charge in [0.15, 0.2) is 22.4 Å². The number of rotatable bonds is 9. The van der Waals surface area contributed by atoms with Crippen molar-refractivity contribution in [1.29, 1.82) is 0 Å². The maximum absolute atomic E-state index is 13.1. The minimum Gasteiger partial charge on any atom is -0.490 e. The van der Waals surface area contributed by atoms with Crippen LogP contribution in [-0.2, 0) is 9.59 Å². The molecule has 3 aromatic rings. The van der Waals surface area contributed by atoms with Gasteiger partial charge >= 0.3 is 0 Å². The van der Waals surface area contributed by atoms with Crippen molar-refractivity contribution in [2.45, 2.75) is 20.8 Å². The lowest BCUT2D eigenvalue weighted by Gasteiger charge is -2.14. The standard InChI is InChI=1S/C28H25N3O6S2/c1-4-36-24-13-19(9-11-23(24)37-16-26(32)29-20-10-8-17(2)18(3)12-20)14-25-27(33)30(28(38)39-25)21-6-5-7-22(15-21)31(34)35/h5-15H,4,16H2,1-3H3,(H,29,32)/b25-14-. The third-order valence-corrected chi connectivity index (χ3v) is 7.11. The monoisotopic (exact) mass is 563 g/mol. The van der Waals surface area contributed by atoms with Crippen LogP contribution in [0.4, 0.5) is 17.1 Å². The number of carbonyl (C=O) groups is 2. The van der Waals surface area contributed by atoms with Gasteiger partial charge in [0.1, 0.15) is 0 Å². The van der Waals surface area contributed by atoms with Gasteiger partial charge in [0, 0.05) is 17.8 Å². The smallest absolute Gasteiger partial charge is 0.271 e. The van der Waals surface area contributed by atoms with E-state index in [4.69, 9.17) is 21.7 Å². The van der Waals surface area contributed by atoms with Crippen molar-refractivity contribution in [1.82, 2.24) is 0 Å². The van der Waals surface area contributed by atoms with Crippen LogP contribution in [0, 0.1) is 24.0 Å². The van der Waals surface area contributed by atoms with Crippen molar-refractivity contribution < 1.29 is 24.0 Å². The SMILES string of the molecule is CCOc1cc(/C=C2\SC(=S)N(c3cccc([N+](=O)[O-])c3)C2=O)ccc1OCC(=O)Nc1ccc(C)c(C)c1. The second kappa shape index (κ2) is 12.1. The van der Waals surface area contributed by atoms with E-state index < -0.39 is 4.92 Å². The Morgan fingerprint density at radius 2 is 1.87 bits per heavy atom. The number of ether oxygens (including phenoxy) is 2. The molecule has 2 amide bonds. The van der Waals surface area contributed by atoms with Crippen LogP contribution in [0.3, 0.4) is 0 Å². The Bertz CT molecular complexity index is 1500. The molecule has 1 N–H and O–H groups in total. The maximum Gasteiger partial charge on any atom is 0.271 e. The van der Waals surface area contributed by atoms with Gasteiger partial charge in [0.05, 0.1) is 22.1 Å². The van der Waals surface area contributed by atoms with Crippen molar-refractivity contribution in [3.05, 3.63) is 92.4 Å². The molecule has 0 spiro atoms. The summed E-state index contributed by atoms with van der Waals surface area (Å²) < 4.78 is 11.7. The number of aryl methyl sites for hydroxylation is 2. The van der Waals surface area contributed by atoms with Crippen molar-refractivity contribution in [2.24, 2.45) is 0 Å². The van der Waals surface area contributed by atoms with E-state index in [9.17, 15) is 19.7 Å². The molecule has 1 saturated heterocycles. The molecule has 0 radical (unpaired) electrons. The fourth-order valence-electron chi connectivity index (χ4n) is 3.75. The summed E-state index contributed by atoms with van der Waals surface area (Å²) >= 11 is 6.48. The van der Waals surface area contributed by atoms with E-state index in [1.54, 1.807) is 30.3 Å². The predicted molar refractivity (Wildman–Crippen MR) is 156 cm³/mol. The van der Waals surface area contributed by atoms with Gasteiger partial charge in [0.2, 0.25) is 0 Å². The van der Waals surface area contributed by atoms with Gasteiger partial charge < -0.3 is 14.8 Å². The van der Waals surface area contributed by atoms with Crippen molar-refractivity contribution in [3.63, 3.8) is 0 Å². The largest absolute Gasteiger partial charge is 0.490 e. The number of nitrogens with one attached hydrogen (secondary N) is 1. The van der Waals surface area contributed by atoms with Gasteiger partial charge in [0.25, 0.3) is 17.5 Å². The highest BCUT2D eigenvalue weighted by atomic mass is 32.2. The highest BCUT2D eigenvalue weighted by molar-refractivity contribution is 8.27. The molecule has 4 rings (SSSR count). The second-order valence-corrected chi connectivity index (χ2v) is 10.2. The summed E-state index contributed by atoms with van der Waals surface area (Å²) in [6.07, 6.45) is 1.66. The van der Waals surface area contributed by atoms with Crippen LogP contribution < -0.4 is 19.7 Å². The lowest BCUT2D eigenvalue weighted by molar-refractivity contribution is -0.384. The molecule has 1 heterocycles. The summed E-state index contributed by atoms with van der Waals surface area (Å²) in [6.45, 7) is 5.95. The lowest BCUT2D eigenvalue weighted by Crippen LogP contribution is -2.27. The zero-order chi connectivity index (χ0) is 28.1. The molecule has 1 aliphatic heterocycles. The summed E-state index contributed by atoms with van der Waals surface area (Å²) in [7, 11) is 0. The van der Waals surface area contributed by atoms with Gasteiger partial charge in [-0.1, -0.05) is 42.2 Å². The normalized spacial score (nSPS) is 14.0. The fraction of sp³-hybridized carbons (Fsp3) is 0.179. The maximum atomic E-state index is 13.1. The van der Waals surface area contributed by atoms with Crippen molar-refractivity contribution in [3.8, 4) is 11.5 Å². The van der Waals surface area contributed by atoms with Crippen LogP contribution in [0.15, 0.2) is 65.6 Å². The molecule has 3 aromatic carbocycles. The second-order valence-electron chi connectivity index (χ2n) is 8.57. The van der Waals surface area contributed by atoms with Gasteiger partial charge in [-0.25, -0.2) is 0 Å². The number of nitrogens with zero attached hydrogens (tertiary/aromatic N) is 2. The first-order valence-electron chi connectivity index (χ1n) is 12.0. The quantitative estimate of drug-likeness (QED) is 0.145. The highest BCUT2D eigenvalue weighted by Crippen LogP contribution is 2.38. The predicted octanol–water partition coefficient (Wildman–Crippen LogP) is 6.03. The molecule has 39 heavy (non-hydrogen) atoms. The zero-order valence-corrected chi connectivity index (χ0v) is 23.1. The number of hydrogen-bond acceptors (Lipinski definition) is 8. The number of non-ortho nitro benzene ring substituents is 1. The van der Waals surface area contributed by atoms with Crippen LogP contribution in [-0.4, -0.2) is 34.3 Å². The third-order valence-electron chi connectivity index (χ3n) is 5.81. The average molecular weight is 564 g/mol. The topological polar surface area (TPSA) is 111 Å². The summed E-state index contributed by atoms with van der Waals surface area (Å²) in [5.41, 5.74) is 3.75. The van der Waals surface area contributed by atoms with E-state index in [0.29, 0.717) is 39.9 Å². The zero-order valence-electron chi connectivity index (χ0n) is 21.4. The van der Waals surface area contributed by atoms with Crippen molar-refractivity contribution in [2.75, 3.05) is 23.4 Å². The van der Waals surface area contributed by atoms with Gasteiger partial charge in [-0.05, 0) is 73.9 Å². The van der Waals surface area contributed by atoms with Crippen LogP contribution in [0.1, 0.15) is 23.6 Å². The minimum absolute atomic E-state index is 0.134. The Morgan fingerprint density at radius 3 is 2.59 bits per heavy atom. The first kappa shape index (κ1) is 27.8. The summed E-state index contributed by atoms with van der Waals surface area (Å²) in [5.74, 6) is 0.106. The molecule has 1 aliphatic rings. The minimum atomic E-state index is -0.525. The van der Waals surface area contributed by atoms with E-state index in [-0.39, 0.29) is 28.4 Å². The molecule has 9 nitrogen and oxygen atoms in total. The molecule has 200 valence electrons. The molecule has 0 atom stereocenters. The molecule has 0 unspecified atom stereocenters. The highest BCUT2D eigenvalue weighted by Gasteiger charge is 2.34. The first-order valence-corrected chi connectivity index (χ1v) is 13.2. The lowest BCUT2D eigenvalue weighted by atomic mass is 10.1. The molecule has 0 aromatic heterocycles. The number of anilines is 2. The van der Waals surface area contributed by atoms with E-state index >= 15 is 0 Å². The number of thioether (sulfide) groups is 1. The van der Waals surface area contributed by atoms with Crippen LogP contribution in [0.2, 0.25) is 0 Å². The molecular formula is C28H25N3O6S2. The molecule has 0 bridgehead atoms. The Morgan fingerprint density at radius 1 is 1.08 bits per heavy atom. The first-order chi connectivity index (χ1) is 18.7. The number of hydrogen-bond donors (Lipinski definition) is 1. The summed E-state index contributed by atoms with van der Waals surface area (Å²) in [4.78, 5) is 37.8. The number of carbonyl (C=O) groups excluding carboxylic acids is 2. The number of thiocarbonyl (C=S) groups is 1. The Labute approximate surface area is 234 Å². The number of nitro groups is 1. The number of nitro benzene ring substituents is 1. The van der Waals surface area contributed by atoms with E-state index in [0.717, 1.165) is 22.9 Å². The van der Waals surface area contributed by atoms with Crippen molar-refractivity contribution >= 4 is 63.3 Å². The third kappa shape index (κ3) is 6.62. The Kier molecular flexibility index (Phi) is 8.62. The molecular weight excluding hydrogens is 538 g/mol. The summed E-state index contributed by atoms with van der Waals surface area (Å²) in [6, 6.07) is 16.5. The van der Waals surface area contributed by atoms with Gasteiger partial charge in [-0.15, -0.1) is 0 Å². The molecule has 11 heteroatoms. The van der Waals surface area contributed by atoms with Crippen LogP contribution in [0.5, 0.6) is 11.5 Å². The number of benzene rings is 3. The number of amides is 2. The van der Waals surface area contributed by atoms with Crippen LogP contribution >= 0.6 is 24.0 Å². The molecule has 0 saturated carbocycles. The average Bonchev–Trinajstić information content (AvgIpc) is 3.18. The molecule has 1 fully saturated rings. The molecule has 0 aliphatic carbocycles. The fourth-order valence-corrected chi connectivity index (χ4v) is 5.05. The van der Waals surface area contributed by atoms with E-state index in [2.05, 4.69) is 5.32 Å². The van der Waals surface area contributed by atoms with Gasteiger partial charge in [-0.3, -0.25) is 24.6 Å².